The number of nitrogens with zero attached hydrogens (tertiary/aromatic N) is 7. The molecule has 0 radical (unpaired) electrons. The van der Waals surface area contributed by atoms with Crippen LogP contribution in [0.15, 0.2) is 65.6 Å². The van der Waals surface area contributed by atoms with E-state index < -0.39 is 18.1 Å². The van der Waals surface area contributed by atoms with Crippen molar-refractivity contribution in [3.8, 4) is 6.07 Å². The number of halogens is 1. The third-order valence-corrected chi connectivity index (χ3v) is 11.3. The van der Waals surface area contributed by atoms with Crippen molar-refractivity contribution in [3.63, 3.8) is 0 Å². The van der Waals surface area contributed by atoms with Crippen LogP contribution in [0, 0.1) is 17.2 Å². The van der Waals surface area contributed by atoms with Crippen molar-refractivity contribution in [3.05, 3.63) is 88.2 Å². The zero-order valence-corrected chi connectivity index (χ0v) is 29.4. The topological polar surface area (TPSA) is 160 Å². The first-order chi connectivity index (χ1) is 25.7. The summed E-state index contributed by atoms with van der Waals surface area (Å²) in [6.45, 7) is 1.92. The largest absolute Gasteiger partial charge is 0.329 e. The number of carbonyl (C=O) groups excluding carboxylic acids is 3. The molecule has 0 bridgehead atoms. The number of para-hydroxylation sites is 1. The number of anilines is 1. The van der Waals surface area contributed by atoms with Crippen molar-refractivity contribution in [1.82, 2.24) is 34.1 Å². The smallest absolute Gasteiger partial charge is 0.321 e. The summed E-state index contributed by atoms with van der Waals surface area (Å²) in [4.78, 5) is 56.9. The molecule has 3 amide bonds. The molecule has 53 heavy (non-hydrogen) atoms. The van der Waals surface area contributed by atoms with E-state index in [2.05, 4.69) is 20.5 Å². The van der Waals surface area contributed by atoms with Crippen LogP contribution in [0.4, 0.5) is 10.1 Å². The minimum Gasteiger partial charge on any atom is -0.321 e. The first kappa shape index (κ1) is 34.4. The van der Waals surface area contributed by atoms with Gasteiger partial charge in [0.2, 0.25) is 11.8 Å². The number of piperidine rings is 2. The van der Waals surface area contributed by atoms with E-state index in [1.54, 1.807) is 31.3 Å². The quantitative estimate of drug-likeness (QED) is 0.228. The second kappa shape index (κ2) is 14.0. The maximum atomic E-state index is 16.1. The third-order valence-electron chi connectivity index (χ3n) is 11.3. The molecule has 0 spiro atoms. The standard InChI is InChI=1S/C39H40FN9O4/c1-46-36-29(5-3-7-33(36)49(39(46)53)34-14-15-35(50)44-38(34)52)28-16-17-47(22-30(28)40)20-23-8-11-27(12-9-23)48-21-24-18-25(10-13-31(24)45-48)43-37(51)32-6-2-4-26(19-41)42-32/h2-7,10,13,18,21,23,27-28,30,34H,8-9,11-12,14-17,20,22H2,1H3,(H,43,51)(H,44,50,52)/t23-,27-,28-,30-,34?/m1/s1. The Morgan fingerprint density at radius 3 is 2.62 bits per heavy atom. The van der Waals surface area contributed by atoms with E-state index >= 15 is 4.39 Å². The first-order valence-electron chi connectivity index (χ1n) is 18.2. The number of imidazole rings is 1. The fraction of sp³-hybridized carbons (Fsp3) is 0.410. The summed E-state index contributed by atoms with van der Waals surface area (Å²) in [5, 5.41) is 20.1. The minimum atomic E-state index is -1.11. The second-order valence-electron chi connectivity index (χ2n) is 14.6. The Labute approximate surface area is 304 Å². The highest BCUT2D eigenvalue weighted by atomic mass is 19.1. The summed E-state index contributed by atoms with van der Waals surface area (Å²) in [6, 6.07) is 17.3. The van der Waals surface area contributed by atoms with Crippen LogP contribution in [0.5, 0.6) is 0 Å². The van der Waals surface area contributed by atoms with E-state index in [1.165, 1.54) is 9.13 Å². The molecule has 1 unspecified atom stereocenters. The summed E-state index contributed by atoms with van der Waals surface area (Å²) in [6.07, 6.45) is 5.93. The minimum absolute atomic E-state index is 0.163. The Balaban J connectivity index is 0.878. The van der Waals surface area contributed by atoms with E-state index in [1.807, 2.05) is 47.3 Å². The van der Waals surface area contributed by atoms with Gasteiger partial charge in [-0.2, -0.15) is 10.4 Å². The lowest BCUT2D eigenvalue weighted by atomic mass is 9.83. The number of aryl methyl sites for hydroxylation is 1. The van der Waals surface area contributed by atoms with Crippen molar-refractivity contribution in [2.24, 2.45) is 13.0 Å². The number of aromatic nitrogens is 5. The van der Waals surface area contributed by atoms with Crippen LogP contribution in [-0.2, 0) is 16.6 Å². The molecular weight excluding hydrogens is 677 g/mol. The molecule has 2 aliphatic heterocycles. The molecule has 2 N–H and O–H groups in total. The van der Waals surface area contributed by atoms with Crippen molar-refractivity contribution in [1.29, 1.82) is 5.26 Å². The average Bonchev–Trinajstić information content (AvgIpc) is 3.70. The molecule has 1 aliphatic carbocycles. The maximum absolute atomic E-state index is 16.1. The Morgan fingerprint density at radius 2 is 1.85 bits per heavy atom. The molecule has 272 valence electrons. The fourth-order valence-corrected chi connectivity index (χ4v) is 8.57. The van der Waals surface area contributed by atoms with Crippen LogP contribution in [0.2, 0.25) is 0 Å². The predicted octanol–water partition coefficient (Wildman–Crippen LogP) is 4.75. The molecule has 2 aromatic carbocycles. The molecule has 8 rings (SSSR count). The van der Waals surface area contributed by atoms with Gasteiger partial charge in [-0.1, -0.05) is 18.2 Å². The highest BCUT2D eigenvalue weighted by Gasteiger charge is 2.36. The molecule has 5 heterocycles. The van der Waals surface area contributed by atoms with E-state index in [4.69, 9.17) is 10.4 Å². The van der Waals surface area contributed by atoms with Crippen LogP contribution >= 0.6 is 0 Å². The van der Waals surface area contributed by atoms with Gasteiger partial charge in [-0.05, 0) is 92.9 Å². The van der Waals surface area contributed by atoms with Crippen LogP contribution in [0.25, 0.3) is 21.9 Å². The number of hydrogen-bond acceptors (Lipinski definition) is 8. The van der Waals surface area contributed by atoms with Gasteiger partial charge in [0.15, 0.2) is 0 Å². The van der Waals surface area contributed by atoms with Gasteiger partial charge in [0, 0.05) is 49.7 Å². The van der Waals surface area contributed by atoms with Crippen LogP contribution < -0.4 is 16.3 Å². The number of fused-ring (bicyclic) bond motifs is 2. The summed E-state index contributed by atoms with van der Waals surface area (Å²) in [5.74, 6) is -1.13. The molecule has 14 heteroatoms. The van der Waals surface area contributed by atoms with Crippen molar-refractivity contribution in [2.45, 2.75) is 69.1 Å². The van der Waals surface area contributed by atoms with Crippen LogP contribution in [-0.4, -0.2) is 72.3 Å². The predicted molar refractivity (Wildman–Crippen MR) is 195 cm³/mol. The number of pyridine rings is 1. The maximum Gasteiger partial charge on any atom is 0.329 e. The number of likely N-dealkylation sites (tertiary alicyclic amines) is 1. The zero-order valence-electron chi connectivity index (χ0n) is 29.4. The summed E-state index contributed by atoms with van der Waals surface area (Å²) in [7, 11) is 1.66. The molecule has 5 aromatic rings. The lowest BCUT2D eigenvalue weighted by Crippen LogP contribution is -2.44. The summed E-state index contributed by atoms with van der Waals surface area (Å²) in [5.41, 5.74) is 3.49. The highest BCUT2D eigenvalue weighted by molar-refractivity contribution is 6.04. The Bertz CT molecular complexity index is 2350. The van der Waals surface area contributed by atoms with E-state index in [9.17, 15) is 19.2 Å². The van der Waals surface area contributed by atoms with Crippen LogP contribution in [0.1, 0.15) is 84.7 Å². The number of imide groups is 1. The number of nitrogens with one attached hydrogen (secondary N) is 2. The van der Waals surface area contributed by atoms with Crippen molar-refractivity contribution >= 4 is 45.3 Å². The molecule has 3 fully saturated rings. The summed E-state index contributed by atoms with van der Waals surface area (Å²) < 4.78 is 21.1. The number of hydrogen-bond donors (Lipinski definition) is 2. The molecule has 3 aromatic heterocycles. The van der Waals surface area contributed by atoms with Gasteiger partial charge in [-0.3, -0.25) is 33.5 Å². The third kappa shape index (κ3) is 6.61. The Hall–Kier alpha value is -5.68. The number of benzene rings is 2. The lowest BCUT2D eigenvalue weighted by Gasteiger charge is -2.38. The number of amides is 3. The van der Waals surface area contributed by atoms with Crippen molar-refractivity contribution < 1.29 is 18.8 Å². The first-order valence-corrected chi connectivity index (χ1v) is 18.2. The zero-order chi connectivity index (χ0) is 36.8. The van der Waals surface area contributed by atoms with E-state index in [-0.39, 0.29) is 53.7 Å². The van der Waals surface area contributed by atoms with Gasteiger partial charge in [-0.25, -0.2) is 14.2 Å². The number of nitriles is 1. The fourth-order valence-electron chi connectivity index (χ4n) is 8.57. The number of carbonyl (C=O) groups is 3. The highest BCUT2D eigenvalue weighted by Crippen LogP contribution is 2.38. The average molecular weight is 718 g/mol. The monoisotopic (exact) mass is 717 g/mol. The molecule has 1 saturated carbocycles. The number of alkyl halides is 1. The Kier molecular flexibility index (Phi) is 9.11. The van der Waals surface area contributed by atoms with Gasteiger partial charge in [0.05, 0.1) is 22.6 Å². The Morgan fingerprint density at radius 1 is 1.04 bits per heavy atom. The summed E-state index contributed by atoms with van der Waals surface area (Å²) >= 11 is 0. The van der Waals surface area contributed by atoms with Crippen molar-refractivity contribution in [2.75, 3.05) is 25.0 Å². The number of rotatable bonds is 7. The molecule has 13 nitrogen and oxygen atoms in total. The lowest BCUT2D eigenvalue weighted by molar-refractivity contribution is -0.135. The molecule has 3 aliphatic rings. The van der Waals surface area contributed by atoms with Gasteiger partial charge in [0.25, 0.3) is 5.91 Å². The normalized spacial score (nSPS) is 23.9. The van der Waals surface area contributed by atoms with E-state index in [0.29, 0.717) is 35.6 Å². The second-order valence-corrected chi connectivity index (χ2v) is 14.6. The van der Waals surface area contributed by atoms with Gasteiger partial charge in [-0.15, -0.1) is 0 Å². The SMILES string of the molecule is Cn1c(=O)n(C2CCC(=O)NC2=O)c2cccc([C@H]3CCN(C[C@H]4CC[C@H](n5cc6cc(NC(=O)c7cccc(C#N)n7)ccc6n5)CC4)C[C@H]3F)c21. The van der Waals surface area contributed by atoms with Crippen LogP contribution in [0.3, 0.4) is 0 Å². The van der Waals surface area contributed by atoms with Gasteiger partial charge >= 0.3 is 5.69 Å². The van der Waals surface area contributed by atoms with Gasteiger partial charge in [0.1, 0.15) is 29.7 Å². The molecule has 2 saturated heterocycles. The van der Waals surface area contributed by atoms with E-state index in [0.717, 1.165) is 55.2 Å². The van der Waals surface area contributed by atoms with Gasteiger partial charge < -0.3 is 10.2 Å². The molecular formula is C39H40FN9O4. The molecule has 3 atom stereocenters.